The molecule has 2 heterocycles. The van der Waals surface area contributed by atoms with Gasteiger partial charge in [-0.2, -0.15) is 5.10 Å². The predicted octanol–water partition coefficient (Wildman–Crippen LogP) is 4.05. The third-order valence-corrected chi connectivity index (χ3v) is 3.70. The molecule has 3 aromatic rings. The first-order valence-electron chi connectivity index (χ1n) is 6.10. The van der Waals surface area contributed by atoms with Gasteiger partial charge in [0, 0.05) is 18.0 Å². The molecule has 0 aliphatic heterocycles. The summed E-state index contributed by atoms with van der Waals surface area (Å²) in [7, 11) is 0. The molecule has 0 saturated carbocycles. The highest BCUT2D eigenvalue weighted by molar-refractivity contribution is 6.42. The van der Waals surface area contributed by atoms with E-state index in [1.807, 2.05) is 12.1 Å². The number of aldehydes is 1. The van der Waals surface area contributed by atoms with E-state index >= 15 is 0 Å². The van der Waals surface area contributed by atoms with Gasteiger partial charge < -0.3 is 0 Å². The Balaban J connectivity index is 2.12. The normalized spacial score (nSPS) is 10.6. The summed E-state index contributed by atoms with van der Waals surface area (Å²) in [5, 5.41) is 5.29. The second-order valence-electron chi connectivity index (χ2n) is 4.32. The molecule has 0 atom stereocenters. The van der Waals surface area contributed by atoms with Gasteiger partial charge in [-0.15, -0.1) is 0 Å². The number of carbonyl (C=O) groups is 1. The second kappa shape index (κ2) is 5.68. The molecule has 0 N–H and O–H groups in total. The highest BCUT2D eigenvalue weighted by Crippen LogP contribution is 2.26. The highest BCUT2D eigenvalue weighted by atomic mass is 35.5. The lowest BCUT2D eigenvalue weighted by molar-refractivity contribution is 0.111. The van der Waals surface area contributed by atoms with Crippen LogP contribution in [0, 0.1) is 0 Å². The van der Waals surface area contributed by atoms with Crippen molar-refractivity contribution in [2.24, 2.45) is 0 Å². The smallest absolute Gasteiger partial charge is 0.168 e. The molecule has 1 aromatic carbocycles. The van der Waals surface area contributed by atoms with Gasteiger partial charge in [-0.3, -0.25) is 9.78 Å². The lowest BCUT2D eigenvalue weighted by Crippen LogP contribution is -2.01. The molecular weight excluding hydrogens is 309 g/mol. The first kappa shape index (κ1) is 13.8. The minimum absolute atomic E-state index is 0.407. The third kappa shape index (κ3) is 2.68. The zero-order valence-corrected chi connectivity index (χ0v) is 12.2. The van der Waals surface area contributed by atoms with Crippen LogP contribution in [0.2, 0.25) is 10.0 Å². The lowest BCUT2D eigenvalue weighted by atomic mass is 10.2. The Morgan fingerprint density at radius 1 is 1.10 bits per heavy atom. The van der Waals surface area contributed by atoms with Crippen LogP contribution in [0.3, 0.4) is 0 Å². The average molecular weight is 318 g/mol. The van der Waals surface area contributed by atoms with Crippen LogP contribution in [0.1, 0.15) is 10.5 Å². The summed E-state index contributed by atoms with van der Waals surface area (Å²) < 4.78 is 1.53. The van der Waals surface area contributed by atoms with Crippen molar-refractivity contribution in [1.82, 2.24) is 14.8 Å². The fourth-order valence-electron chi connectivity index (χ4n) is 1.96. The summed E-state index contributed by atoms with van der Waals surface area (Å²) in [6, 6.07) is 10.5. The van der Waals surface area contributed by atoms with Crippen molar-refractivity contribution in [1.29, 1.82) is 0 Å². The molecule has 0 spiro atoms. The molecule has 104 valence electrons. The van der Waals surface area contributed by atoms with Gasteiger partial charge in [-0.05, 0) is 36.4 Å². The summed E-state index contributed by atoms with van der Waals surface area (Å²) in [5.41, 5.74) is 2.59. The standard InChI is InChI=1S/C15H9Cl2N3O/c16-13-4-3-11(6-14(13)17)20-12(9-21)7-15(19-20)10-2-1-5-18-8-10/h1-9H. The zero-order chi connectivity index (χ0) is 14.8. The molecule has 0 radical (unpaired) electrons. The molecule has 0 bridgehead atoms. The quantitative estimate of drug-likeness (QED) is 0.684. The Labute approximate surface area is 131 Å². The Hall–Kier alpha value is -2.17. The van der Waals surface area contributed by atoms with Crippen molar-refractivity contribution in [2.45, 2.75) is 0 Å². The number of benzene rings is 1. The molecule has 0 aliphatic carbocycles. The van der Waals surface area contributed by atoms with E-state index < -0.39 is 0 Å². The molecule has 4 nitrogen and oxygen atoms in total. The molecule has 21 heavy (non-hydrogen) atoms. The Bertz CT molecular complexity index is 800. The summed E-state index contributed by atoms with van der Waals surface area (Å²) >= 11 is 11.9. The first-order valence-corrected chi connectivity index (χ1v) is 6.85. The molecule has 0 aliphatic rings. The van der Waals surface area contributed by atoms with Crippen molar-refractivity contribution >= 4 is 29.5 Å². The van der Waals surface area contributed by atoms with E-state index in [1.165, 1.54) is 4.68 Å². The van der Waals surface area contributed by atoms with Crippen molar-refractivity contribution < 1.29 is 4.79 Å². The number of carbonyl (C=O) groups excluding carboxylic acids is 1. The van der Waals surface area contributed by atoms with Crippen molar-refractivity contribution in [3.63, 3.8) is 0 Å². The zero-order valence-electron chi connectivity index (χ0n) is 10.7. The Morgan fingerprint density at radius 2 is 1.95 bits per heavy atom. The van der Waals surface area contributed by atoms with Crippen LogP contribution in [0.25, 0.3) is 16.9 Å². The summed E-state index contributed by atoms with van der Waals surface area (Å²) in [4.78, 5) is 15.3. The second-order valence-corrected chi connectivity index (χ2v) is 5.14. The van der Waals surface area contributed by atoms with Crippen LogP contribution in [-0.4, -0.2) is 21.1 Å². The van der Waals surface area contributed by atoms with Gasteiger partial charge in [0.1, 0.15) is 5.69 Å². The van der Waals surface area contributed by atoms with Gasteiger partial charge in [0.05, 0.1) is 21.4 Å². The van der Waals surface area contributed by atoms with E-state index in [2.05, 4.69) is 10.1 Å². The van der Waals surface area contributed by atoms with Gasteiger partial charge in [-0.25, -0.2) is 4.68 Å². The maximum Gasteiger partial charge on any atom is 0.168 e. The van der Waals surface area contributed by atoms with E-state index in [0.717, 1.165) is 11.8 Å². The molecule has 0 fully saturated rings. The van der Waals surface area contributed by atoms with Crippen LogP contribution in [0.5, 0.6) is 0 Å². The maximum absolute atomic E-state index is 11.3. The minimum Gasteiger partial charge on any atom is -0.296 e. The minimum atomic E-state index is 0.407. The van der Waals surface area contributed by atoms with Crippen molar-refractivity contribution in [3.05, 3.63) is 64.5 Å². The van der Waals surface area contributed by atoms with Crippen LogP contribution in [0.4, 0.5) is 0 Å². The highest BCUT2D eigenvalue weighted by Gasteiger charge is 2.11. The van der Waals surface area contributed by atoms with E-state index in [4.69, 9.17) is 23.2 Å². The molecule has 6 heteroatoms. The van der Waals surface area contributed by atoms with Gasteiger partial charge in [0.2, 0.25) is 0 Å². The predicted molar refractivity (Wildman–Crippen MR) is 82.2 cm³/mol. The first-order chi connectivity index (χ1) is 10.2. The van der Waals surface area contributed by atoms with Gasteiger partial charge in [0.25, 0.3) is 0 Å². The van der Waals surface area contributed by atoms with E-state index in [-0.39, 0.29) is 0 Å². The van der Waals surface area contributed by atoms with Crippen LogP contribution in [0.15, 0.2) is 48.8 Å². The largest absolute Gasteiger partial charge is 0.296 e. The monoisotopic (exact) mass is 317 g/mol. The van der Waals surface area contributed by atoms with Gasteiger partial charge >= 0.3 is 0 Å². The SMILES string of the molecule is O=Cc1cc(-c2cccnc2)nn1-c1ccc(Cl)c(Cl)c1. The Kier molecular flexibility index (Phi) is 3.73. The van der Waals surface area contributed by atoms with Gasteiger partial charge in [-0.1, -0.05) is 23.2 Å². The average Bonchev–Trinajstić information content (AvgIpc) is 2.95. The van der Waals surface area contributed by atoms with E-state index in [1.54, 1.807) is 36.7 Å². The summed E-state index contributed by atoms with van der Waals surface area (Å²) in [6.45, 7) is 0. The molecule has 0 amide bonds. The molecule has 0 saturated heterocycles. The number of rotatable bonds is 3. The number of halogens is 2. The number of aromatic nitrogens is 3. The fourth-order valence-corrected chi connectivity index (χ4v) is 2.25. The summed E-state index contributed by atoms with van der Waals surface area (Å²) in [5.74, 6) is 0. The van der Waals surface area contributed by atoms with Crippen LogP contribution >= 0.6 is 23.2 Å². The maximum atomic E-state index is 11.3. The molecule has 2 aromatic heterocycles. The van der Waals surface area contributed by atoms with Crippen LogP contribution in [-0.2, 0) is 0 Å². The number of hydrogen-bond donors (Lipinski definition) is 0. The number of pyridine rings is 1. The van der Waals surface area contributed by atoms with Crippen molar-refractivity contribution in [2.75, 3.05) is 0 Å². The lowest BCUT2D eigenvalue weighted by Gasteiger charge is -2.05. The molecular formula is C15H9Cl2N3O. The van der Waals surface area contributed by atoms with Crippen LogP contribution < -0.4 is 0 Å². The topological polar surface area (TPSA) is 47.8 Å². The van der Waals surface area contributed by atoms with Crippen molar-refractivity contribution in [3.8, 4) is 16.9 Å². The van der Waals surface area contributed by atoms with Gasteiger partial charge in [0.15, 0.2) is 6.29 Å². The number of hydrogen-bond acceptors (Lipinski definition) is 3. The van der Waals surface area contributed by atoms with E-state index in [9.17, 15) is 4.79 Å². The number of nitrogens with zero attached hydrogens (tertiary/aromatic N) is 3. The fraction of sp³-hybridized carbons (Fsp3) is 0. The third-order valence-electron chi connectivity index (χ3n) is 2.96. The molecule has 0 unspecified atom stereocenters. The molecule has 3 rings (SSSR count). The summed E-state index contributed by atoms with van der Waals surface area (Å²) in [6.07, 6.45) is 4.12. The Morgan fingerprint density at radius 3 is 2.62 bits per heavy atom. The van der Waals surface area contributed by atoms with E-state index in [0.29, 0.717) is 27.1 Å².